The van der Waals surface area contributed by atoms with E-state index in [9.17, 15) is 4.79 Å². The summed E-state index contributed by atoms with van der Waals surface area (Å²) in [6.07, 6.45) is 0. The van der Waals surface area contributed by atoms with Crippen LogP contribution in [0.25, 0.3) is 0 Å². The van der Waals surface area contributed by atoms with Crippen LogP contribution in [0.1, 0.15) is 21.7 Å². The molecule has 1 rings (SSSR count). The van der Waals surface area contributed by atoms with Crippen LogP contribution in [-0.2, 0) is 0 Å². The van der Waals surface area contributed by atoms with Gasteiger partial charge in [0.1, 0.15) is 5.75 Å². The van der Waals surface area contributed by atoms with Crippen LogP contribution < -0.4 is 4.74 Å². The first-order valence-corrected chi connectivity index (χ1v) is 4.72. The van der Waals surface area contributed by atoms with Crippen molar-refractivity contribution in [1.82, 2.24) is 4.98 Å². The fourth-order valence-electron chi connectivity index (χ4n) is 1.19. The van der Waals surface area contributed by atoms with Crippen LogP contribution in [0.2, 0.25) is 0 Å². The zero-order chi connectivity index (χ0) is 10.9. The van der Waals surface area contributed by atoms with E-state index in [2.05, 4.69) is 20.9 Å². The number of rotatable bonds is 2. The van der Waals surface area contributed by atoms with E-state index in [0.29, 0.717) is 21.5 Å². The molecule has 0 aromatic carbocycles. The average molecular weight is 260 g/mol. The van der Waals surface area contributed by atoms with Crippen molar-refractivity contribution in [3.05, 3.63) is 21.4 Å². The molecule has 1 N–H and O–H groups in total. The van der Waals surface area contributed by atoms with E-state index in [1.54, 1.807) is 13.8 Å². The molecule has 1 aromatic rings. The molecule has 0 aliphatic heterocycles. The number of carbonyl (C=O) groups is 1. The first-order chi connectivity index (χ1) is 6.49. The highest BCUT2D eigenvalue weighted by Gasteiger charge is 2.17. The minimum atomic E-state index is -1.04. The summed E-state index contributed by atoms with van der Waals surface area (Å²) in [5.41, 5.74) is 1.16. The van der Waals surface area contributed by atoms with E-state index in [0.717, 1.165) is 0 Å². The number of pyridine rings is 1. The molecule has 0 spiro atoms. The molecule has 0 fully saturated rings. The number of methoxy groups -OCH3 is 1. The van der Waals surface area contributed by atoms with Crippen LogP contribution in [0.5, 0.6) is 5.75 Å². The van der Waals surface area contributed by atoms with Crippen LogP contribution >= 0.6 is 15.9 Å². The molecule has 0 unspecified atom stereocenters. The van der Waals surface area contributed by atoms with Gasteiger partial charge in [0.05, 0.1) is 17.3 Å². The van der Waals surface area contributed by atoms with E-state index in [1.165, 1.54) is 7.11 Å². The summed E-state index contributed by atoms with van der Waals surface area (Å²) in [6.45, 7) is 3.39. The second kappa shape index (κ2) is 3.96. The summed E-state index contributed by atoms with van der Waals surface area (Å²) < 4.78 is 5.79. The summed E-state index contributed by atoms with van der Waals surface area (Å²) in [5, 5.41) is 8.87. The summed E-state index contributed by atoms with van der Waals surface area (Å²) in [6, 6.07) is 0. The molecule has 1 aromatic heterocycles. The van der Waals surface area contributed by atoms with Gasteiger partial charge in [-0.1, -0.05) is 0 Å². The molecular weight excluding hydrogens is 250 g/mol. The van der Waals surface area contributed by atoms with Crippen molar-refractivity contribution in [2.24, 2.45) is 0 Å². The Morgan fingerprint density at radius 1 is 1.50 bits per heavy atom. The molecule has 5 heteroatoms. The van der Waals surface area contributed by atoms with E-state index in [4.69, 9.17) is 9.84 Å². The van der Waals surface area contributed by atoms with Gasteiger partial charge in [-0.05, 0) is 29.8 Å². The maximum Gasteiger partial charge on any atom is 0.354 e. The molecule has 4 nitrogen and oxygen atoms in total. The Bertz CT molecular complexity index is 390. The molecule has 0 saturated heterocycles. The van der Waals surface area contributed by atoms with Crippen molar-refractivity contribution in [3.8, 4) is 5.75 Å². The van der Waals surface area contributed by atoms with Gasteiger partial charge in [-0.3, -0.25) is 0 Å². The number of hydrogen-bond donors (Lipinski definition) is 1. The Morgan fingerprint density at radius 2 is 2.07 bits per heavy atom. The molecule has 0 saturated carbocycles. The molecule has 1 heterocycles. The van der Waals surface area contributed by atoms with Crippen molar-refractivity contribution < 1.29 is 14.6 Å². The predicted molar refractivity (Wildman–Crippen MR) is 54.9 cm³/mol. The highest BCUT2D eigenvalue weighted by Crippen LogP contribution is 2.32. The summed E-state index contributed by atoms with van der Waals surface area (Å²) in [4.78, 5) is 14.8. The van der Waals surface area contributed by atoms with Crippen LogP contribution in [0.15, 0.2) is 4.47 Å². The highest BCUT2D eigenvalue weighted by molar-refractivity contribution is 9.10. The highest BCUT2D eigenvalue weighted by atomic mass is 79.9. The lowest BCUT2D eigenvalue weighted by Crippen LogP contribution is -2.07. The van der Waals surface area contributed by atoms with Crippen LogP contribution in [0.4, 0.5) is 0 Å². The van der Waals surface area contributed by atoms with Gasteiger partial charge in [0.2, 0.25) is 0 Å². The third-order valence-corrected chi connectivity index (χ3v) is 2.83. The van der Waals surface area contributed by atoms with E-state index in [1.807, 2.05) is 0 Å². The lowest BCUT2D eigenvalue weighted by Gasteiger charge is -2.11. The summed E-state index contributed by atoms with van der Waals surface area (Å²) in [5.74, 6) is -0.522. The largest absolute Gasteiger partial charge is 0.495 e. The Labute approximate surface area is 90.0 Å². The standard InChI is InChI=1S/C9H10BrNO3/c1-4-7(9(12)13)11-5(2)6(10)8(4)14-3/h1-3H3,(H,12,13). The third kappa shape index (κ3) is 1.72. The Kier molecular flexibility index (Phi) is 3.10. The lowest BCUT2D eigenvalue weighted by molar-refractivity contribution is 0.0688. The molecule has 76 valence electrons. The number of nitrogens with zero attached hydrogens (tertiary/aromatic N) is 1. The van der Waals surface area contributed by atoms with Crippen LogP contribution in [-0.4, -0.2) is 23.2 Å². The monoisotopic (exact) mass is 259 g/mol. The van der Waals surface area contributed by atoms with Crippen molar-refractivity contribution in [1.29, 1.82) is 0 Å². The van der Waals surface area contributed by atoms with Gasteiger partial charge < -0.3 is 9.84 Å². The van der Waals surface area contributed by atoms with Crippen molar-refractivity contribution in [2.75, 3.05) is 7.11 Å². The lowest BCUT2D eigenvalue weighted by atomic mass is 10.2. The molecule has 0 aliphatic carbocycles. The number of halogens is 1. The van der Waals surface area contributed by atoms with Crippen LogP contribution in [0, 0.1) is 13.8 Å². The minimum absolute atomic E-state index is 0.0301. The number of aromatic carboxylic acids is 1. The fourth-order valence-corrected chi connectivity index (χ4v) is 1.74. The Hall–Kier alpha value is -1.10. The van der Waals surface area contributed by atoms with Gasteiger partial charge in [0.15, 0.2) is 5.69 Å². The number of aromatic nitrogens is 1. The quantitative estimate of drug-likeness (QED) is 0.885. The molecule has 14 heavy (non-hydrogen) atoms. The minimum Gasteiger partial charge on any atom is -0.495 e. The van der Waals surface area contributed by atoms with Gasteiger partial charge in [0.25, 0.3) is 0 Å². The maximum atomic E-state index is 10.8. The average Bonchev–Trinajstić information content (AvgIpc) is 2.12. The fraction of sp³-hybridized carbons (Fsp3) is 0.333. The third-order valence-electron chi connectivity index (χ3n) is 1.90. The summed E-state index contributed by atoms with van der Waals surface area (Å²) in [7, 11) is 1.50. The smallest absolute Gasteiger partial charge is 0.354 e. The van der Waals surface area contributed by atoms with Crippen molar-refractivity contribution in [3.63, 3.8) is 0 Å². The molecular formula is C9H10BrNO3. The molecule has 0 aliphatic rings. The summed E-state index contributed by atoms with van der Waals surface area (Å²) >= 11 is 3.29. The van der Waals surface area contributed by atoms with Crippen LogP contribution in [0.3, 0.4) is 0 Å². The maximum absolute atomic E-state index is 10.8. The topological polar surface area (TPSA) is 59.4 Å². The second-order valence-corrected chi connectivity index (χ2v) is 3.62. The number of aryl methyl sites for hydroxylation is 1. The van der Waals surface area contributed by atoms with Crippen molar-refractivity contribution in [2.45, 2.75) is 13.8 Å². The van der Waals surface area contributed by atoms with E-state index in [-0.39, 0.29) is 5.69 Å². The number of ether oxygens (including phenoxy) is 1. The number of carboxylic acid groups (broad SMARTS) is 1. The van der Waals surface area contributed by atoms with E-state index < -0.39 is 5.97 Å². The van der Waals surface area contributed by atoms with Crippen molar-refractivity contribution >= 4 is 21.9 Å². The Morgan fingerprint density at radius 3 is 2.50 bits per heavy atom. The van der Waals surface area contributed by atoms with Gasteiger partial charge in [-0.2, -0.15) is 0 Å². The van der Waals surface area contributed by atoms with Gasteiger partial charge >= 0.3 is 5.97 Å². The van der Waals surface area contributed by atoms with Gasteiger partial charge in [-0.15, -0.1) is 0 Å². The molecule has 0 amide bonds. The zero-order valence-corrected chi connectivity index (χ0v) is 9.67. The van der Waals surface area contributed by atoms with E-state index >= 15 is 0 Å². The SMILES string of the molecule is COc1c(C)c(C(=O)O)nc(C)c1Br. The normalized spacial score (nSPS) is 10.0. The number of hydrogen-bond acceptors (Lipinski definition) is 3. The first-order valence-electron chi connectivity index (χ1n) is 3.93. The second-order valence-electron chi connectivity index (χ2n) is 2.82. The van der Waals surface area contributed by atoms with Gasteiger partial charge in [0, 0.05) is 5.56 Å². The molecule has 0 bridgehead atoms. The zero-order valence-electron chi connectivity index (χ0n) is 8.09. The Balaban J connectivity index is 3.50. The number of carboxylic acids is 1. The van der Waals surface area contributed by atoms with Gasteiger partial charge in [-0.25, -0.2) is 9.78 Å². The molecule has 0 radical (unpaired) electrons. The first kappa shape index (κ1) is 11.0. The molecule has 0 atom stereocenters. The predicted octanol–water partition coefficient (Wildman–Crippen LogP) is 2.17.